The van der Waals surface area contributed by atoms with Crippen molar-refractivity contribution in [3.63, 3.8) is 0 Å². The molecule has 1 aliphatic rings. The van der Waals surface area contributed by atoms with Crippen LogP contribution in [0.4, 0.5) is 0 Å². The Kier molecular flexibility index (Phi) is 6.97. The number of carbonyl (C=O) groups is 1. The minimum absolute atomic E-state index is 0.164. The maximum atomic E-state index is 11.7. The van der Waals surface area contributed by atoms with Crippen molar-refractivity contribution in [2.45, 2.75) is 13.3 Å². The van der Waals surface area contributed by atoms with Gasteiger partial charge in [0.2, 0.25) is 5.91 Å². The molecule has 9 heteroatoms. The number of nitrogens with one attached hydrogen (secondary N) is 3. The number of amides is 1. The van der Waals surface area contributed by atoms with Crippen molar-refractivity contribution in [1.82, 2.24) is 26.1 Å². The number of nitrogens with zero attached hydrogens (tertiary/aromatic N) is 2. The van der Waals surface area contributed by atoms with Crippen LogP contribution in [0.2, 0.25) is 0 Å². The van der Waals surface area contributed by atoms with Crippen molar-refractivity contribution in [1.29, 1.82) is 0 Å². The third kappa shape index (κ3) is 6.22. The van der Waals surface area contributed by atoms with Crippen LogP contribution in [0.15, 0.2) is 5.38 Å². The second-order valence-corrected chi connectivity index (χ2v) is 6.39. The van der Waals surface area contributed by atoms with E-state index in [-0.39, 0.29) is 12.3 Å². The molecule has 0 saturated carbocycles. The standard InChI is InChI=1S/C13H21N5O2S2/c1-10-15-11(9-22-10)8-12(19)16-17-13(21)14-2-3-18-4-6-20-7-5-18/h9H,2-8H2,1H3,(H,16,19)(H2,14,17,21). The number of aryl methyl sites for hydroxylation is 1. The van der Waals surface area contributed by atoms with Gasteiger partial charge in [-0.3, -0.25) is 20.5 Å². The number of thiocarbonyl (C=S) groups is 1. The minimum atomic E-state index is -0.164. The zero-order valence-corrected chi connectivity index (χ0v) is 14.2. The summed E-state index contributed by atoms with van der Waals surface area (Å²) in [6.07, 6.45) is 0.244. The highest BCUT2D eigenvalue weighted by Crippen LogP contribution is 2.07. The molecule has 0 aromatic carbocycles. The fraction of sp³-hybridized carbons (Fsp3) is 0.615. The molecule has 0 unspecified atom stereocenters. The van der Waals surface area contributed by atoms with Gasteiger partial charge in [-0.25, -0.2) is 4.98 Å². The van der Waals surface area contributed by atoms with E-state index in [1.807, 2.05) is 12.3 Å². The number of ether oxygens (including phenoxy) is 1. The zero-order chi connectivity index (χ0) is 15.8. The number of carbonyl (C=O) groups excluding carboxylic acids is 1. The van der Waals surface area contributed by atoms with Crippen LogP contribution in [0.25, 0.3) is 0 Å². The molecule has 1 aliphatic heterocycles. The van der Waals surface area contributed by atoms with Crippen molar-refractivity contribution in [3.05, 3.63) is 16.1 Å². The van der Waals surface area contributed by atoms with Gasteiger partial charge in [-0.1, -0.05) is 0 Å². The summed E-state index contributed by atoms with van der Waals surface area (Å²) < 4.78 is 5.29. The number of hydrogen-bond acceptors (Lipinski definition) is 6. The molecule has 1 aromatic rings. The predicted molar refractivity (Wildman–Crippen MR) is 89.7 cm³/mol. The molecule has 1 amide bonds. The Labute approximate surface area is 139 Å². The van der Waals surface area contributed by atoms with E-state index < -0.39 is 0 Å². The van der Waals surface area contributed by atoms with Crippen molar-refractivity contribution >= 4 is 34.6 Å². The second-order valence-electron chi connectivity index (χ2n) is 4.92. The maximum absolute atomic E-state index is 11.7. The molecule has 1 saturated heterocycles. The van der Waals surface area contributed by atoms with E-state index in [9.17, 15) is 4.79 Å². The van der Waals surface area contributed by atoms with E-state index in [2.05, 4.69) is 26.1 Å². The van der Waals surface area contributed by atoms with E-state index in [0.29, 0.717) is 5.11 Å². The fourth-order valence-electron chi connectivity index (χ4n) is 2.02. The molecule has 0 aliphatic carbocycles. The highest BCUT2D eigenvalue weighted by molar-refractivity contribution is 7.80. The van der Waals surface area contributed by atoms with Gasteiger partial charge in [-0.15, -0.1) is 11.3 Å². The molecule has 0 bridgehead atoms. The lowest BCUT2D eigenvalue weighted by Crippen LogP contribution is -2.49. The molecule has 0 radical (unpaired) electrons. The molecular weight excluding hydrogens is 322 g/mol. The number of thiazole rings is 1. The lowest BCUT2D eigenvalue weighted by atomic mass is 10.3. The van der Waals surface area contributed by atoms with Crippen LogP contribution >= 0.6 is 23.6 Å². The number of hydrazine groups is 1. The first kappa shape index (κ1) is 17.1. The molecule has 0 spiro atoms. The van der Waals surface area contributed by atoms with E-state index in [0.717, 1.165) is 50.1 Å². The second kappa shape index (κ2) is 8.99. The number of morpholine rings is 1. The highest BCUT2D eigenvalue weighted by Gasteiger charge is 2.10. The Hall–Kier alpha value is -1.29. The normalized spacial score (nSPS) is 15.3. The summed E-state index contributed by atoms with van der Waals surface area (Å²) in [5.74, 6) is -0.164. The monoisotopic (exact) mass is 343 g/mol. The Morgan fingerprint density at radius 3 is 2.91 bits per heavy atom. The molecule has 0 atom stereocenters. The van der Waals surface area contributed by atoms with Gasteiger partial charge in [-0.2, -0.15) is 0 Å². The molecular formula is C13H21N5O2S2. The van der Waals surface area contributed by atoms with Gasteiger partial charge < -0.3 is 10.1 Å². The average molecular weight is 343 g/mol. The number of rotatable bonds is 5. The molecule has 7 nitrogen and oxygen atoms in total. The summed E-state index contributed by atoms with van der Waals surface area (Å²) in [7, 11) is 0. The minimum Gasteiger partial charge on any atom is -0.379 e. The van der Waals surface area contributed by atoms with Gasteiger partial charge in [0, 0.05) is 31.6 Å². The SMILES string of the molecule is Cc1nc(CC(=O)NNC(=S)NCCN2CCOCC2)cs1. The quantitative estimate of drug-likeness (QED) is 0.506. The van der Waals surface area contributed by atoms with Gasteiger partial charge in [-0.05, 0) is 19.1 Å². The van der Waals surface area contributed by atoms with Crippen LogP contribution in [-0.4, -0.2) is 60.3 Å². The Balaban J connectivity index is 1.55. The fourth-order valence-corrected chi connectivity index (χ4v) is 2.79. The van der Waals surface area contributed by atoms with Gasteiger partial charge in [0.05, 0.1) is 30.3 Å². The van der Waals surface area contributed by atoms with Crippen LogP contribution in [0, 0.1) is 6.92 Å². The number of aromatic nitrogens is 1. The predicted octanol–water partition coefficient (Wildman–Crippen LogP) is -0.178. The van der Waals surface area contributed by atoms with E-state index in [4.69, 9.17) is 17.0 Å². The van der Waals surface area contributed by atoms with Crippen molar-refractivity contribution < 1.29 is 9.53 Å². The van der Waals surface area contributed by atoms with E-state index >= 15 is 0 Å². The van der Waals surface area contributed by atoms with Gasteiger partial charge in [0.1, 0.15) is 0 Å². The largest absolute Gasteiger partial charge is 0.379 e. The van der Waals surface area contributed by atoms with Crippen molar-refractivity contribution in [3.8, 4) is 0 Å². The highest BCUT2D eigenvalue weighted by atomic mass is 32.1. The molecule has 2 rings (SSSR count). The molecule has 122 valence electrons. The van der Waals surface area contributed by atoms with Crippen LogP contribution in [0.1, 0.15) is 10.7 Å². The van der Waals surface area contributed by atoms with Crippen molar-refractivity contribution in [2.24, 2.45) is 0 Å². The summed E-state index contributed by atoms with van der Waals surface area (Å²) in [5.41, 5.74) is 6.04. The molecule has 22 heavy (non-hydrogen) atoms. The molecule has 1 fully saturated rings. The summed E-state index contributed by atoms with van der Waals surface area (Å²) in [4.78, 5) is 18.3. The molecule has 2 heterocycles. The van der Waals surface area contributed by atoms with E-state index in [1.165, 1.54) is 11.3 Å². The van der Waals surface area contributed by atoms with Gasteiger partial charge in [0.15, 0.2) is 5.11 Å². The first-order valence-electron chi connectivity index (χ1n) is 7.17. The Morgan fingerprint density at radius 1 is 1.45 bits per heavy atom. The summed E-state index contributed by atoms with van der Waals surface area (Å²) >= 11 is 6.65. The van der Waals surface area contributed by atoms with Crippen LogP contribution < -0.4 is 16.2 Å². The third-order valence-electron chi connectivity index (χ3n) is 3.14. The molecule has 1 aromatic heterocycles. The van der Waals surface area contributed by atoms with Crippen LogP contribution in [0.5, 0.6) is 0 Å². The number of hydrogen-bond donors (Lipinski definition) is 3. The van der Waals surface area contributed by atoms with Gasteiger partial charge in [0.25, 0.3) is 0 Å². The Morgan fingerprint density at radius 2 is 2.23 bits per heavy atom. The van der Waals surface area contributed by atoms with E-state index in [1.54, 1.807) is 0 Å². The Bertz CT molecular complexity index is 502. The van der Waals surface area contributed by atoms with Crippen LogP contribution in [-0.2, 0) is 16.0 Å². The van der Waals surface area contributed by atoms with Gasteiger partial charge >= 0.3 is 0 Å². The first-order chi connectivity index (χ1) is 10.6. The first-order valence-corrected chi connectivity index (χ1v) is 8.46. The smallest absolute Gasteiger partial charge is 0.244 e. The zero-order valence-electron chi connectivity index (χ0n) is 12.6. The summed E-state index contributed by atoms with van der Waals surface area (Å²) in [6.45, 7) is 7.02. The maximum Gasteiger partial charge on any atom is 0.244 e. The summed E-state index contributed by atoms with van der Waals surface area (Å²) in [5, 5.41) is 6.31. The van der Waals surface area contributed by atoms with Crippen LogP contribution in [0.3, 0.4) is 0 Å². The summed E-state index contributed by atoms with van der Waals surface area (Å²) in [6, 6.07) is 0. The lowest BCUT2D eigenvalue weighted by Gasteiger charge is -2.26. The lowest BCUT2D eigenvalue weighted by molar-refractivity contribution is -0.121. The van der Waals surface area contributed by atoms with Crippen molar-refractivity contribution in [2.75, 3.05) is 39.4 Å². The average Bonchev–Trinajstić information content (AvgIpc) is 2.91. The molecule has 3 N–H and O–H groups in total. The third-order valence-corrected chi connectivity index (χ3v) is 4.21. The topological polar surface area (TPSA) is 78.5 Å².